The van der Waals surface area contributed by atoms with Crippen LogP contribution in [0.4, 0.5) is 10.5 Å². The van der Waals surface area contributed by atoms with Crippen LogP contribution >= 0.6 is 0 Å². The maximum atomic E-state index is 12.5. The number of anilines is 1. The number of unbranched alkanes of at least 4 members (excludes halogenated alkanes) is 9. The number of carbonyl (C=O) groups excluding carboxylic acids is 2. The molecular formula is C27H38N2O5S. The maximum Gasteiger partial charge on any atom is 0.338 e. The summed E-state index contributed by atoms with van der Waals surface area (Å²) in [6.45, 7) is 4.22. The summed E-state index contributed by atoms with van der Waals surface area (Å²) in [6, 6.07) is 11.7. The van der Waals surface area contributed by atoms with E-state index >= 15 is 0 Å². The number of carbonyl (C=O) groups is 2. The van der Waals surface area contributed by atoms with E-state index in [0.717, 1.165) is 19.3 Å². The van der Waals surface area contributed by atoms with Gasteiger partial charge in [-0.15, -0.1) is 0 Å². The highest BCUT2D eigenvalue weighted by atomic mass is 32.2. The molecule has 0 fully saturated rings. The lowest BCUT2D eigenvalue weighted by Crippen LogP contribution is -2.34. The summed E-state index contributed by atoms with van der Waals surface area (Å²) in [4.78, 5) is 24.6. The van der Waals surface area contributed by atoms with Crippen molar-refractivity contribution in [2.45, 2.75) is 83.0 Å². The summed E-state index contributed by atoms with van der Waals surface area (Å²) in [5.74, 6) is -0.475. The Kier molecular flexibility index (Phi) is 12.3. The van der Waals surface area contributed by atoms with Gasteiger partial charge in [0, 0.05) is 5.69 Å². The van der Waals surface area contributed by atoms with E-state index in [9.17, 15) is 18.0 Å². The lowest BCUT2D eigenvalue weighted by Gasteiger charge is -2.11. The van der Waals surface area contributed by atoms with Crippen molar-refractivity contribution in [3.63, 3.8) is 0 Å². The van der Waals surface area contributed by atoms with Crippen LogP contribution in [0.25, 0.3) is 0 Å². The van der Waals surface area contributed by atoms with Crippen molar-refractivity contribution < 1.29 is 22.7 Å². The molecule has 35 heavy (non-hydrogen) atoms. The summed E-state index contributed by atoms with van der Waals surface area (Å²) in [5, 5.41) is 2.46. The first kappa shape index (κ1) is 28.4. The fraction of sp³-hybridized carbons (Fsp3) is 0.481. The number of sulfonamides is 1. The van der Waals surface area contributed by atoms with E-state index in [2.05, 4.69) is 12.2 Å². The van der Waals surface area contributed by atoms with Crippen LogP contribution in [-0.2, 0) is 14.8 Å². The molecule has 8 heteroatoms. The maximum absolute atomic E-state index is 12.5. The third-order valence-corrected chi connectivity index (χ3v) is 7.19. The molecule has 0 saturated carbocycles. The Bertz CT molecular complexity index is 1050. The summed E-state index contributed by atoms with van der Waals surface area (Å²) < 4.78 is 32.3. The molecule has 2 rings (SSSR count). The van der Waals surface area contributed by atoms with Gasteiger partial charge in [0.1, 0.15) is 0 Å². The SMILES string of the molecule is CCCCCCCCCCCCOC(=O)c1cccc(NC(=O)NS(=O)(=O)c2ccccc2C)c1. The first-order chi connectivity index (χ1) is 16.8. The Morgan fingerprint density at radius 2 is 1.46 bits per heavy atom. The quantitative estimate of drug-likeness (QED) is 0.211. The number of urea groups is 1. The van der Waals surface area contributed by atoms with E-state index in [4.69, 9.17) is 4.74 Å². The fourth-order valence-electron chi connectivity index (χ4n) is 3.75. The molecular weight excluding hydrogens is 464 g/mol. The van der Waals surface area contributed by atoms with E-state index in [1.54, 1.807) is 43.3 Å². The number of ether oxygens (including phenoxy) is 1. The summed E-state index contributed by atoms with van der Waals surface area (Å²) >= 11 is 0. The van der Waals surface area contributed by atoms with Gasteiger partial charge in [-0.2, -0.15) is 0 Å². The van der Waals surface area contributed by atoms with Crippen molar-refractivity contribution >= 4 is 27.7 Å². The Balaban J connectivity index is 1.72. The van der Waals surface area contributed by atoms with Crippen LogP contribution in [0.1, 0.15) is 87.1 Å². The average molecular weight is 503 g/mol. The van der Waals surface area contributed by atoms with Crippen molar-refractivity contribution in [2.75, 3.05) is 11.9 Å². The standard InChI is InChI=1S/C27H38N2O5S/c1-3-4-5-6-7-8-9-10-11-14-20-34-26(30)23-17-15-18-24(21-23)28-27(31)29-35(32,33)25-19-13-12-16-22(25)2/h12-13,15-19,21H,3-11,14,20H2,1-2H3,(H2,28,29,31). The number of amides is 2. The Labute approximate surface area is 209 Å². The highest BCUT2D eigenvalue weighted by molar-refractivity contribution is 7.90. The van der Waals surface area contributed by atoms with E-state index in [1.165, 1.54) is 57.1 Å². The second-order valence-corrected chi connectivity index (χ2v) is 10.4. The Morgan fingerprint density at radius 3 is 2.11 bits per heavy atom. The smallest absolute Gasteiger partial charge is 0.338 e. The van der Waals surface area contributed by atoms with Crippen LogP contribution in [0.5, 0.6) is 0 Å². The normalized spacial score (nSPS) is 11.1. The average Bonchev–Trinajstić information content (AvgIpc) is 2.82. The van der Waals surface area contributed by atoms with Gasteiger partial charge in [0.2, 0.25) is 0 Å². The largest absolute Gasteiger partial charge is 0.462 e. The molecule has 0 spiro atoms. The molecule has 0 radical (unpaired) electrons. The zero-order valence-electron chi connectivity index (χ0n) is 20.8. The number of nitrogens with one attached hydrogen (secondary N) is 2. The Hall–Kier alpha value is -2.87. The first-order valence-corrected chi connectivity index (χ1v) is 14.0. The van der Waals surface area contributed by atoms with Gasteiger partial charge in [0.25, 0.3) is 10.0 Å². The number of hydrogen-bond acceptors (Lipinski definition) is 5. The number of aryl methyl sites for hydroxylation is 1. The molecule has 0 aliphatic carbocycles. The minimum absolute atomic E-state index is 0.0273. The van der Waals surface area contributed by atoms with Gasteiger partial charge < -0.3 is 10.1 Å². The molecule has 2 amide bonds. The van der Waals surface area contributed by atoms with Crippen LogP contribution < -0.4 is 10.0 Å². The highest BCUT2D eigenvalue weighted by Gasteiger charge is 2.19. The molecule has 0 aliphatic rings. The van der Waals surface area contributed by atoms with E-state index in [-0.39, 0.29) is 16.1 Å². The van der Waals surface area contributed by atoms with Crippen molar-refractivity contribution in [3.8, 4) is 0 Å². The molecule has 2 aromatic carbocycles. The monoisotopic (exact) mass is 502 g/mol. The molecule has 0 heterocycles. The van der Waals surface area contributed by atoms with Crippen LogP contribution in [0.2, 0.25) is 0 Å². The predicted molar refractivity (Wildman–Crippen MR) is 139 cm³/mol. The molecule has 0 bridgehead atoms. The van der Waals surface area contributed by atoms with Crippen molar-refractivity contribution in [2.24, 2.45) is 0 Å². The van der Waals surface area contributed by atoms with Crippen molar-refractivity contribution in [1.29, 1.82) is 0 Å². The van der Waals surface area contributed by atoms with Crippen LogP contribution in [-0.4, -0.2) is 27.0 Å². The van der Waals surface area contributed by atoms with Crippen LogP contribution in [0.15, 0.2) is 53.4 Å². The number of benzene rings is 2. The zero-order chi connectivity index (χ0) is 25.5. The second-order valence-electron chi connectivity index (χ2n) is 8.72. The molecule has 0 unspecified atom stereocenters. The Morgan fingerprint density at radius 1 is 0.829 bits per heavy atom. The number of esters is 1. The summed E-state index contributed by atoms with van der Waals surface area (Å²) in [7, 11) is -4.02. The van der Waals surface area contributed by atoms with E-state index in [0.29, 0.717) is 12.2 Å². The molecule has 0 saturated heterocycles. The van der Waals surface area contributed by atoms with Gasteiger partial charge >= 0.3 is 12.0 Å². The van der Waals surface area contributed by atoms with E-state index < -0.39 is 22.0 Å². The molecule has 0 aliphatic heterocycles. The van der Waals surface area contributed by atoms with Gasteiger partial charge in [0.05, 0.1) is 17.1 Å². The zero-order valence-corrected chi connectivity index (χ0v) is 21.7. The third kappa shape index (κ3) is 10.5. The minimum Gasteiger partial charge on any atom is -0.462 e. The van der Waals surface area contributed by atoms with Crippen molar-refractivity contribution in [3.05, 3.63) is 59.7 Å². The third-order valence-electron chi connectivity index (χ3n) is 5.70. The second kappa shape index (κ2) is 15.2. The molecule has 0 atom stereocenters. The van der Waals surface area contributed by atoms with Crippen molar-refractivity contribution in [1.82, 2.24) is 4.72 Å². The molecule has 0 aromatic heterocycles. The number of rotatable bonds is 15. The first-order valence-electron chi connectivity index (χ1n) is 12.5. The van der Waals surface area contributed by atoms with Gasteiger partial charge in [-0.1, -0.05) is 89.0 Å². The van der Waals surface area contributed by atoms with Crippen LogP contribution in [0.3, 0.4) is 0 Å². The molecule has 192 valence electrons. The van der Waals surface area contributed by atoms with Gasteiger partial charge in [-0.3, -0.25) is 0 Å². The highest BCUT2D eigenvalue weighted by Crippen LogP contribution is 2.16. The predicted octanol–water partition coefficient (Wildman–Crippen LogP) is 6.58. The minimum atomic E-state index is -4.02. The molecule has 7 nitrogen and oxygen atoms in total. The lowest BCUT2D eigenvalue weighted by molar-refractivity contribution is 0.0497. The van der Waals surface area contributed by atoms with E-state index in [1.807, 2.05) is 4.72 Å². The number of hydrogen-bond donors (Lipinski definition) is 2. The van der Waals surface area contributed by atoms with Gasteiger partial charge in [-0.25, -0.2) is 22.7 Å². The lowest BCUT2D eigenvalue weighted by atomic mass is 10.1. The van der Waals surface area contributed by atoms with Crippen LogP contribution in [0, 0.1) is 6.92 Å². The van der Waals surface area contributed by atoms with Gasteiger partial charge in [0.15, 0.2) is 0 Å². The topological polar surface area (TPSA) is 102 Å². The summed E-state index contributed by atoms with van der Waals surface area (Å²) in [5.41, 5.74) is 1.10. The fourth-order valence-corrected chi connectivity index (χ4v) is 4.91. The summed E-state index contributed by atoms with van der Waals surface area (Å²) in [6.07, 6.45) is 12.0. The van der Waals surface area contributed by atoms with Gasteiger partial charge in [-0.05, 0) is 43.2 Å². The molecule has 2 aromatic rings. The molecule has 2 N–H and O–H groups in total.